The Balaban J connectivity index is 1.79. The van der Waals surface area contributed by atoms with E-state index in [4.69, 9.17) is 9.47 Å². The van der Waals surface area contributed by atoms with Crippen molar-refractivity contribution in [1.82, 2.24) is 10.2 Å². The first kappa shape index (κ1) is 21.1. The Bertz CT molecular complexity index is 620. The van der Waals surface area contributed by atoms with Gasteiger partial charge in [0.2, 0.25) is 5.91 Å². The fourth-order valence-electron chi connectivity index (χ4n) is 2.66. The van der Waals surface area contributed by atoms with Crippen LogP contribution in [0.15, 0.2) is 24.3 Å². The van der Waals surface area contributed by atoms with E-state index in [9.17, 15) is 13.6 Å². The van der Waals surface area contributed by atoms with Gasteiger partial charge >= 0.3 is 6.61 Å². The number of hydrogen-bond acceptors (Lipinski definition) is 5. The minimum atomic E-state index is -2.92. The average Bonchev–Trinajstić information content (AvgIpc) is 2.66. The van der Waals surface area contributed by atoms with Gasteiger partial charge in [-0.1, -0.05) is 6.07 Å². The molecule has 1 aromatic rings. The Morgan fingerprint density at radius 1 is 1.33 bits per heavy atom. The molecule has 0 unspecified atom stereocenters. The highest BCUT2D eigenvalue weighted by Crippen LogP contribution is 2.30. The maximum absolute atomic E-state index is 12.4. The van der Waals surface area contributed by atoms with Crippen molar-refractivity contribution in [3.63, 3.8) is 0 Å². The van der Waals surface area contributed by atoms with E-state index in [1.54, 1.807) is 25.1 Å². The van der Waals surface area contributed by atoms with Crippen LogP contribution < -0.4 is 14.8 Å². The second-order valence-electron chi connectivity index (χ2n) is 5.95. The molecule has 1 heterocycles. The summed E-state index contributed by atoms with van der Waals surface area (Å²) in [4.78, 5) is 14.2. The Kier molecular flexibility index (Phi) is 9.00. The number of ether oxygens (including phenoxy) is 3. The molecule has 0 radical (unpaired) electrons. The fourth-order valence-corrected chi connectivity index (χ4v) is 2.66. The Morgan fingerprint density at radius 2 is 2.11 bits per heavy atom. The van der Waals surface area contributed by atoms with Crippen molar-refractivity contribution in [2.45, 2.75) is 20.0 Å². The van der Waals surface area contributed by atoms with E-state index >= 15 is 0 Å². The topological polar surface area (TPSA) is 60.0 Å². The van der Waals surface area contributed by atoms with Crippen molar-refractivity contribution >= 4 is 12.0 Å². The number of amides is 1. The van der Waals surface area contributed by atoms with E-state index in [0.717, 1.165) is 39.3 Å². The third-order valence-electron chi connectivity index (χ3n) is 3.96. The smallest absolute Gasteiger partial charge is 0.387 e. The van der Waals surface area contributed by atoms with Crippen LogP contribution in [0.3, 0.4) is 0 Å². The largest absolute Gasteiger partial charge is 0.490 e. The van der Waals surface area contributed by atoms with Gasteiger partial charge in [0.1, 0.15) is 0 Å². The Morgan fingerprint density at radius 3 is 2.81 bits per heavy atom. The molecule has 1 aliphatic heterocycles. The maximum atomic E-state index is 12.4. The normalized spacial score (nSPS) is 15.3. The lowest BCUT2D eigenvalue weighted by atomic mass is 10.2. The van der Waals surface area contributed by atoms with Crippen molar-refractivity contribution in [3.8, 4) is 11.5 Å². The third kappa shape index (κ3) is 7.92. The number of nitrogens with one attached hydrogen (secondary N) is 1. The van der Waals surface area contributed by atoms with Crippen LogP contribution in [0.25, 0.3) is 6.08 Å². The summed E-state index contributed by atoms with van der Waals surface area (Å²) >= 11 is 0. The van der Waals surface area contributed by atoms with Gasteiger partial charge in [0.05, 0.1) is 19.8 Å². The summed E-state index contributed by atoms with van der Waals surface area (Å²) in [7, 11) is 0. The predicted molar refractivity (Wildman–Crippen MR) is 98.2 cm³/mol. The molecule has 0 bridgehead atoms. The van der Waals surface area contributed by atoms with E-state index in [0.29, 0.717) is 18.7 Å². The third-order valence-corrected chi connectivity index (χ3v) is 3.96. The molecule has 1 amide bonds. The first-order chi connectivity index (χ1) is 13.1. The van der Waals surface area contributed by atoms with E-state index in [1.165, 1.54) is 12.1 Å². The average molecular weight is 384 g/mol. The summed E-state index contributed by atoms with van der Waals surface area (Å²) < 4.78 is 39.8. The zero-order chi connectivity index (χ0) is 19.5. The molecule has 1 fully saturated rings. The van der Waals surface area contributed by atoms with Crippen LogP contribution in [-0.4, -0.2) is 63.4 Å². The molecule has 1 saturated heterocycles. The van der Waals surface area contributed by atoms with Gasteiger partial charge in [-0.25, -0.2) is 0 Å². The quantitative estimate of drug-likeness (QED) is 0.496. The van der Waals surface area contributed by atoms with E-state index in [1.807, 2.05) is 0 Å². The molecule has 0 aromatic heterocycles. The predicted octanol–water partition coefficient (Wildman–Crippen LogP) is 2.54. The summed E-state index contributed by atoms with van der Waals surface area (Å²) in [5.41, 5.74) is 0.656. The van der Waals surface area contributed by atoms with E-state index in [2.05, 4.69) is 15.0 Å². The van der Waals surface area contributed by atoms with Gasteiger partial charge in [0, 0.05) is 25.7 Å². The number of halogens is 2. The van der Waals surface area contributed by atoms with Gasteiger partial charge in [-0.05, 0) is 43.7 Å². The van der Waals surface area contributed by atoms with Crippen LogP contribution in [0.5, 0.6) is 11.5 Å². The van der Waals surface area contributed by atoms with Crippen molar-refractivity contribution in [2.24, 2.45) is 0 Å². The number of morpholine rings is 1. The summed E-state index contributed by atoms with van der Waals surface area (Å²) in [6.45, 7) is 4.05. The monoisotopic (exact) mass is 384 g/mol. The summed E-state index contributed by atoms with van der Waals surface area (Å²) in [5.74, 6) is -0.0229. The van der Waals surface area contributed by atoms with Gasteiger partial charge in [0.25, 0.3) is 0 Å². The second kappa shape index (κ2) is 11.5. The van der Waals surface area contributed by atoms with Gasteiger partial charge in [0.15, 0.2) is 11.5 Å². The molecule has 0 saturated carbocycles. The van der Waals surface area contributed by atoms with Crippen molar-refractivity contribution < 1.29 is 27.8 Å². The molecule has 150 valence electrons. The zero-order valence-corrected chi connectivity index (χ0v) is 15.5. The molecule has 1 aliphatic rings. The van der Waals surface area contributed by atoms with Crippen LogP contribution in [0.4, 0.5) is 8.78 Å². The lowest BCUT2D eigenvalue weighted by Gasteiger charge is -2.26. The van der Waals surface area contributed by atoms with Gasteiger partial charge < -0.3 is 19.5 Å². The maximum Gasteiger partial charge on any atom is 0.387 e. The lowest BCUT2D eigenvalue weighted by molar-refractivity contribution is -0.116. The zero-order valence-electron chi connectivity index (χ0n) is 15.5. The molecule has 1 aromatic carbocycles. The molecule has 6 nitrogen and oxygen atoms in total. The van der Waals surface area contributed by atoms with Crippen molar-refractivity contribution in [3.05, 3.63) is 29.8 Å². The number of carbonyl (C=O) groups excluding carboxylic acids is 1. The highest BCUT2D eigenvalue weighted by atomic mass is 19.3. The number of carbonyl (C=O) groups is 1. The molecule has 27 heavy (non-hydrogen) atoms. The lowest BCUT2D eigenvalue weighted by Crippen LogP contribution is -2.38. The van der Waals surface area contributed by atoms with E-state index < -0.39 is 6.61 Å². The second-order valence-corrected chi connectivity index (χ2v) is 5.95. The van der Waals surface area contributed by atoms with Crippen LogP contribution in [0.1, 0.15) is 18.9 Å². The minimum absolute atomic E-state index is 0.0310. The number of hydrogen-bond donors (Lipinski definition) is 1. The van der Waals surface area contributed by atoms with Gasteiger partial charge in [-0.2, -0.15) is 8.78 Å². The highest BCUT2D eigenvalue weighted by molar-refractivity contribution is 5.91. The molecular weight excluding hydrogens is 358 g/mol. The highest BCUT2D eigenvalue weighted by Gasteiger charge is 2.11. The molecular formula is C19H26F2N2O4. The SMILES string of the molecule is CCOc1cc(C=CC(=O)NCCCN2CCOCC2)ccc1OC(F)F. The van der Waals surface area contributed by atoms with E-state index in [-0.39, 0.29) is 17.4 Å². The molecule has 1 N–H and O–H groups in total. The number of benzene rings is 1. The number of rotatable bonds is 10. The number of alkyl halides is 2. The fraction of sp³-hybridized carbons (Fsp3) is 0.526. The van der Waals surface area contributed by atoms with Gasteiger partial charge in [-0.3, -0.25) is 9.69 Å². The minimum Gasteiger partial charge on any atom is -0.490 e. The van der Waals surface area contributed by atoms with Crippen LogP contribution in [0.2, 0.25) is 0 Å². The summed E-state index contributed by atoms with van der Waals surface area (Å²) in [6, 6.07) is 4.54. The van der Waals surface area contributed by atoms with Crippen molar-refractivity contribution in [2.75, 3.05) is 46.0 Å². The van der Waals surface area contributed by atoms with Crippen LogP contribution in [0, 0.1) is 0 Å². The molecule has 8 heteroatoms. The Hall–Kier alpha value is -2.19. The molecule has 0 spiro atoms. The number of nitrogens with zero attached hydrogens (tertiary/aromatic N) is 1. The first-order valence-electron chi connectivity index (χ1n) is 9.06. The van der Waals surface area contributed by atoms with Crippen molar-refractivity contribution in [1.29, 1.82) is 0 Å². The van der Waals surface area contributed by atoms with Crippen LogP contribution in [-0.2, 0) is 9.53 Å². The van der Waals surface area contributed by atoms with Crippen LogP contribution >= 0.6 is 0 Å². The first-order valence-corrected chi connectivity index (χ1v) is 9.06. The van der Waals surface area contributed by atoms with Gasteiger partial charge in [-0.15, -0.1) is 0 Å². The molecule has 0 aliphatic carbocycles. The molecule has 2 rings (SSSR count). The molecule has 0 atom stereocenters. The Labute approximate surface area is 158 Å². The standard InChI is InChI=1S/C19H26F2N2O4/c1-2-26-17-14-15(4-6-16(17)27-19(20)21)5-7-18(24)22-8-3-9-23-10-12-25-13-11-23/h4-7,14,19H,2-3,8-13H2,1H3,(H,22,24). The summed E-state index contributed by atoms with van der Waals surface area (Å²) in [6.07, 6.45) is 3.88. The summed E-state index contributed by atoms with van der Waals surface area (Å²) in [5, 5.41) is 2.83.